The predicted octanol–water partition coefficient (Wildman–Crippen LogP) is 3.67. The average Bonchev–Trinajstić information content (AvgIpc) is 2.36. The molecule has 2 aromatic carbocycles. The normalized spacial score (nSPS) is 16.9. The third kappa shape index (κ3) is 2.58. The van der Waals surface area contributed by atoms with Crippen LogP contribution in [0.3, 0.4) is 0 Å². The van der Waals surface area contributed by atoms with Crippen molar-refractivity contribution in [3.05, 3.63) is 69.9 Å². The molecular weight excluding hydrogens is 305 g/mol. The lowest BCUT2D eigenvalue weighted by molar-refractivity contribution is 0.274. The fourth-order valence-corrected chi connectivity index (χ4v) is 3.07. The molecule has 1 fully saturated rings. The van der Waals surface area contributed by atoms with Crippen LogP contribution in [0, 0.1) is 5.82 Å². The van der Waals surface area contributed by atoms with Gasteiger partial charge in [0.2, 0.25) is 0 Å². The van der Waals surface area contributed by atoms with E-state index in [4.69, 9.17) is 0 Å². The van der Waals surface area contributed by atoms with Crippen molar-refractivity contribution in [3.8, 4) is 0 Å². The Hall–Kier alpha value is -1.19. The van der Waals surface area contributed by atoms with Crippen LogP contribution in [0.2, 0.25) is 0 Å². The van der Waals surface area contributed by atoms with E-state index in [0.29, 0.717) is 0 Å². The number of hydrogen-bond acceptors (Lipinski definition) is 1. The van der Waals surface area contributed by atoms with Crippen LogP contribution in [0.4, 0.5) is 4.39 Å². The second-order valence-corrected chi connectivity index (χ2v) is 6.11. The summed E-state index contributed by atoms with van der Waals surface area (Å²) in [5, 5.41) is 3.36. The fraction of sp³-hybridized carbons (Fsp3) is 0.250. The molecule has 0 spiro atoms. The van der Waals surface area contributed by atoms with Crippen molar-refractivity contribution in [2.24, 2.45) is 0 Å². The van der Waals surface area contributed by atoms with Gasteiger partial charge >= 0.3 is 0 Å². The van der Waals surface area contributed by atoms with Gasteiger partial charge in [-0.2, -0.15) is 0 Å². The minimum atomic E-state index is -0.174. The molecule has 98 valence electrons. The average molecular weight is 320 g/mol. The molecule has 0 amide bonds. The Labute approximate surface area is 121 Å². The minimum Gasteiger partial charge on any atom is -0.315 e. The van der Waals surface area contributed by atoms with Gasteiger partial charge < -0.3 is 5.32 Å². The smallest absolute Gasteiger partial charge is 0.123 e. The van der Waals surface area contributed by atoms with Crippen LogP contribution < -0.4 is 5.32 Å². The number of halogens is 2. The van der Waals surface area contributed by atoms with Crippen molar-refractivity contribution < 1.29 is 4.39 Å². The molecule has 0 atom stereocenters. The van der Waals surface area contributed by atoms with Gasteiger partial charge in [-0.15, -0.1) is 0 Å². The van der Waals surface area contributed by atoms with E-state index < -0.39 is 0 Å². The highest BCUT2D eigenvalue weighted by atomic mass is 79.9. The van der Waals surface area contributed by atoms with Crippen molar-refractivity contribution in [3.63, 3.8) is 0 Å². The molecule has 1 saturated heterocycles. The van der Waals surface area contributed by atoms with Crippen LogP contribution in [-0.2, 0) is 11.8 Å². The van der Waals surface area contributed by atoms with Gasteiger partial charge in [-0.25, -0.2) is 4.39 Å². The highest BCUT2D eigenvalue weighted by Gasteiger charge is 2.38. The SMILES string of the molecule is Fc1ccc(CC2(c3cccc(Br)c3)CNC2)cc1. The molecule has 0 bridgehead atoms. The van der Waals surface area contributed by atoms with E-state index in [-0.39, 0.29) is 11.2 Å². The van der Waals surface area contributed by atoms with Crippen molar-refractivity contribution in [1.29, 1.82) is 0 Å². The Morgan fingerprint density at radius 2 is 1.84 bits per heavy atom. The first-order valence-electron chi connectivity index (χ1n) is 6.39. The summed E-state index contributed by atoms with van der Waals surface area (Å²) in [5.74, 6) is -0.174. The Morgan fingerprint density at radius 1 is 1.11 bits per heavy atom. The first kappa shape index (κ1) is 12.8. The maximum Gasteiger partial charge on any atom is 0.123 e. The molecule has 1 aliphatic rings. The second kappa shape index (κ2) is 5.06. The van der Waals surface area contributed by atoms with E-state index in [1.165, 1.54) is 23.3 Å². The molecule has 1 heterocycles. The molecule has 1 N–H and O–H groups in total. The van der Waals surface area contributed by atoms with Crippen molar-refractivity contribution in [1.82, 2.24) is 5.32 Å². The van der Waals surface area contributed by atoms with Crippen molar-refractivity contribution in [2.75, 3.05) is 13.1 Å². The monoisotopic (exact) mass is 319 g/mol. The molecule has 2 aromatic rings. The Kier molecular flexibility index (Phi) is 3.42. The first-order valence-corrected chi connectivity index (χ1v) is 7.19. The summed E-state index contributed by atoms with van der Waals surface area (Å²) < 4.78 is 14.1. The molecule has 0 aromatic heterocycles. The molecule has 1 nitrogen and oxygen atoms in total. The summed E-state index contributed by atoms with van der Waals surface area (Å²) >= 11 is 3.53. The zero-order valence-corrected chi connectivity index (χ0v) is 12.1. The fourth-order valence-electron chi connectivity index (χ4n) is 2.67. The summed E-state index contributed by atoms with van der Waals surface area (Å²) in [6.07, 6.45) is 0.941. The summed E-state index contributed by atoms with van der Waals surface area (Å²) in [6, 6.07) is 15.3. The molecule has 0 aliphatic carbocycles. The molecule has 19 heavy (non-hydrogen) atoms. The lowest BCUT2D eigenvalue weighted by Gasteiger charge is -2.43. The summed E-state index contributed by atoms with van der Waals surface area (Å²) in [4.78, 5) is 0. The Morgan fingerprint density at radius 3 is 2.42 bits per heavy atom. The standard InChI is InChI=1S/C16H15BrFN/c17-14-3-1-2-13(8-14)16(10-19-11-16)9-12-4-6-15(18)7-5-12/h1-8,19H,9-11H2. The van der Waals surface area contributed by atoms with Crippen LogP contribution in [0.5, 0.6) is 0 Å². The molecule has 1 aliphatic heterocycles. The summed E-state index contributed by atoms with van der Waals surface area (Å²) in [7, 11) is 0. The summed E-state index contributed by atoms with van der Waals surface area (Å²) in [6.45, 7) is 1.95. The minimum absolute atomic E-state index is 0.140. The number of nitrogens with one attached hydrogen (secondary N) is 1. The largest absolute Gasteiger partial charge is 0.315 e. The topological polar surface area (TPSA) is 12.0 Å². The van der Waals surface area contributed by atoms with E-state index in [1.807, 2.05) is 18.2 Å². The maximum atomic E-state index is 13.0. The third-order valence-corrected chi connectivity index (χ3v) is 4.31. The number of hydrogen-bond donors (Lipinski definition) is 1. The molecule has 0 unspecified atom stereocenters. The second-order valence-electron chi connectivity index (χ2n) is 5.20. The van der Waals surface area contributed by atoms with Crippen LogP contribution >= 0.6 is 15.9 Å². The quantitative estimate of drug-likeness (QED) is 0.910. The van der Waals surface area contributed by atoms with Gasteiger partial charge in [0.15, 0.2) is 0 Å². The van der Waals surface area contributed by atoms with Gasteiger partial charge in [0, 0.05) is 23.0 Å². The Balaban J connectivity index is 1.89. The van der Waals surface area contributed by atoms with Gasteiger partial charge in [0.1, 0.15) is 5.82 Å². The van der Waals surface area contributed by atoms with Crippen molar-refractivity contribution >= 4 is 15.9 Å². The lowest BCUT2D eigenvalue weighted by Crippen LogP contribution is -2.58. The zero-order chi connectivity index (χ0) is 13.3. The molecule has 3 heteroatoms. The predicted molar refractivity (Wildman–Crippen MR) is 78.8 cm³/mol. The van der Waals surface area contributed by atoms with Gasteiger partial charge in [-0.1, -0.05) is 40.2 Å². The first-order chi connectivity index (χ1) is 9.18. The van der Waals surface area contributed by atoms with Gasteiger partial charge in [0.25, 0.3) is 0 Å². The molecule has 3 rings (SSSR count). The van der Waals surface area contributed by atoms with E-state index in [1.54, 1.807) is 0 Å². The molecule has 0 radical (unpaired) electrons. The van der Waals surface area contributed by atoms with E-state index >= 15 is 0 Å². The lowest BCUT2D eigenvalue weighted by atomic mass is 9.71. The van der Waals surface area contributed by atoms with Gasteiger partial charge in [-0.05, 0) is 41.8 Å². The highest BCUT2D eigenvalue weighted by Crippen LogP contribution is 2.33. The van der Waals surface area contributed by atoms with Crippen LogP contribution in [-0.4, -0.2) is 13.1 Å². The third-order valence-electron chi connectivity index (χ3n) is 3.82. The number of rotatable bonds is 3. The van der Waals surface area contributed by atoms with Crippen molar-refractivity contribution in [2.45, 2.75) is 11.8 Å². The highest BCUT2D eigenvalue weighted by molar-refractivity contribution is 9.10. The van der Waals surface area contributed by atoms with E-state index in [0.717, 1.165) is 24.0 Å². The van der Waals surface area contributed by atoms with Gasteiger partial charge in [-0.3, -0.25) is 0 Å². The molecule has 0 saturated carbocycles. The summed E-state index contributed by atoms with van der Waals surface area (Å²) in [5.41, 5.74) is 2.66. The Bertz CT molecular complexity index is 576. The van der Waals surface area contributed by atoms with E-state index in [2.05, 4.69) is 39.4 Å². The van der Waals surface area contributed by atoms with E-state index in [9.17, 15) is 4.39 Å². The van der Waals surface area contributed by atoms with Crippen LogP contribution in [0.1, 0.15) is 11.1 Å². The van der Waals surface area contributed by atoms with Crippen LogP contribution in [0.15, 0.2) is 53.0 Å². The van der Waals surface area contributed by atoms with Crippen LogP contribution in [0.25, 0.3) is 0 Å². The number of benzene rings is 2. The molecular formula is C16H15BrFN. The zero-order valence-electron chi connectivity index (χ0n) is 10.5. The maximum absolute atomic E-state index is 13.0. The van der Waals surface area contributed by atoms with Gasteiger partial charge in [0.05, 0.1) is 0 Å².